The number of hydrogen-bond donors (Lipinski definition) is 2. The number of nitrogens with one attached hydrogen (secondary N) is 2. The number of nitrogens with zero attached hydrogens (tertiary/aromatic N) is 2. The van der Waals surface area contributed by atoms with Gasteiger partial charge in [-0.15, -0.1) is 24.0 Å². The van der Waals surface area contributed by atoms with Crippen LogP contribution >= 0.6 is 24.0 Å². The van der Waals surface area contributed by atoms with E-state index in [4.69, 9.17) is 4.74 Å². The summed E-state index contributed by atoms with van der Waals surface area (Å²) in [5.41, 5.74) is 1.72. The summed E-state index contributed by atoms with van der Waals surface area (Å²) in [6.07, 6.45) is 2.99. The maximum absolute atomic E-state index is 12.1. The molecule has 0 bridgehead atoms. The van der Waals surface area contributed by atoms with Crippen LogP contribution < -0.4 is 10.6 Å². The van der Waals surface area contributed by atoms with Crippen LogP contribution in [-0.2, 0) is 11.2 Å². The molecule has 0 radical (unpaired) electrons. The number of halogens is 1. The fourth-order valence-corrected chi connectivity index (χ4v) is 2.99. The van der Waals surface area contributed by atoms with Gasteiger partial charge in [-0.2, -0.15) is 0 Å². The average Bonchev–Trinajstić information content (AvgIpc) is 3.06. The van der Waals surface area contributed by atoms with Gasteiger partial charge in [0.05, 0.1) is 12.1 Å². The fourth-order valence-electron chi connectivity index (χ4n) is 2.99. The van der Waals surface area contributed by atoms with Crippen molar-refractivity contribution in [3.05, 3.63) is 35.4 Å². The molecule has 0 spiro atoms. The Morgan fingerprint density at radius 3 is 2.74 bits per heavy atom. The van der Waals surface area contributed by atoms with Crippen molar-refractivity contribution in [1.29, 1.82) is 0 Å². The van der Waals surface area contributed by atoms with Crippen LogP contribution in [0.4, 0.5) is 0 Å². The summed E-state index contributed by atoms with van der Waals surface area (Å²) in [5, 5.41) is 6.65. The number of carbonyl (C=O) groups excluding carboxylic acids is 1. The summed E-state index contributed by atoms with van der Waals surface area (Å²) in [5.74, 6) is 0.837. The molecule has 0 aliphatic carbocycles. The van der Waals surface area contributed by atoms with Crippen molar-refractivity contribution >= 4 is 35.8 Å². The lowest BCUT2D eigenvalue weighted by atomic mass is 10.0. The van der Waals surface area contributed by atoms with E-state index in [9.17, 15) is 4.79 Å². The van der Waals surface area contributed by atoms with E-state index in [1.807, 2.05) is 24.3 Å². The Morgan fingerprint density at radius 1 is 1.33 bits per heavy atom. The summed E-state index contributed by atoms with van der Waals surface area (Å²) in [4.78, 5) is 18.3. The topological polar surface area (TPSA) is 66.0 Å². The van der Waals surface area contributed by atoms with E-state index in [-0.39, 0.29) is 35.5 Å². The molecule has 1 aromatic carbocycles. The third-order valence-corrected chi connectivity index (χ3v) is 4.50. The van der Waals surface area contributed by atoms with Gasteiger partial charge >= 0.3 is 0 Å². The zero-order valence-corrected chi connectivity index (χ0v) is 19.2. The van der Waals surface area contributed by atoms with Gasteiger partial charge in [0.25, 0.3) is 5.91 Å². The molecule has 1 amide bonds. The number of benzene rings is 1. The van der Waals surface area contributed by atoms with Crippen molar-refractivity contribution in [2.75, 3.05) is 40.3 Å². The minimum atomic E-state index is -0.136. The van der Waals surface area contributed by atoms with Gasteiger partial charge < -0.3 is 20.3 Å². The molecule has 1 unspecified atom stereocenters. The molecule has 6 nitrogen and oxygen atoms in total. The van der Waals surface area contributed by atoms with Crippen LogP contribution in [0.3, 0.4) is 0 Å². The predicted molar refractivity (Wildman–Crippen MR) is 121 cm³/mol. The van der Waals surface area contributed by atoms with Crippen LogP contribution in [0.2, 0.25) is 0 Å². The van der Waals surface area contributed by atoms with Gasteiger partial charge in [-0.1, -0.05) is 12.1 Å². The predicted octanol–water partition coefficient (Wildman–Crippen LogP) is 2.67. The van der Waals surface area contributed by atoms with Gasteiger partial charge in [0.1, 0.15) is 0 Å². The highest BCUT2D eigenvalue weighted by Crippen LogP contribution is 2.24. The smallest absolute Gasteiger partial charge is 0.253 e. The van der Waals surface area contributed by atoms with E-state index in [1.54, 1.807) is 19.0 Å². The van der Waals surface area contributed by atoms with Gasteiger partial charge in [-0.3, -0.25) is 9.79 Å². The number of carbonyl (C=O) groups is 1. The summed E-state index contributed by atoms with van der Waals surface area (Å²) in [6, 6.07) is 7.80. The highest BCUT2D eigenvalue weighted by atomic mass is 127. The number of aliphatic imine (C=N–C) groups is 1. The summed E-state index contributed by atoms with van der Waals surface area (Å²) in [6.45, 7) is 7.24. The monoisotopic (exact) mass is 488 g/mol. The maximum Gasteiger partial charge on any atom is 0.253 e. The zero-order valence-electron chi connectivity index (χ0n) is 16.9. The highest BCUT2D eigenvalue weighted by molar-refractivity contribution is 14.0. The lowest BCUT2D eigenvalue weighted by molar-refractivity contribution is 0.0283. The third kappa shape index (κ3) is 7.65. The van der Waals surface area contributed by atoms with E-state index < -0.39 is 0 Å². The molecule has 1 aliphatic rings. The molecule has 152 valence electrons. The molecule has 1 fully saturated rings. The van der Waals surface area contributed by atoms with Crippen molar-refractivity contribution in [2.24, 2.45) is 4.99 Å². The summed E-state index contributed by atoms with van der Waals surface area (Å²) < 4.78 is 5.80. The standard InChI is InChI=1S/C20H32N4O2.HI/c1-5-21-19(23-15-20(2)11-7-13-26-20)22-12-10-16-8-6-9-17(14-16)18(25)24(3)4;/h6,8-9,14H,5,7,10-13,15H2,1-4H3,(H2,21,22,23);1H. The lowest BCUT2D eigenvalue weighted by Crippen LogP contribution is -2.40. The average molecular weight is 488 g/mol. The molecule has 2 rings (SSSR count). The van der Waals surface area contributed by atoms with E-state index in [1.165, 1.54) is 0 Å². The molecule has 0 saturated carbocycles. The Morgan fingerprint density at radius 2 is 2.11 bits per heavy atom. The van der Waals surface area contributed by atoms with Crippen LogP contribution in [0, 0.1) is 0 Å². The van der Waals surface area contributed by atoms with Crippen LogP contribution in [0.5, 0.6) is 0 Å². The van der Waals surface area contributed by atoms with Gasteiger partial charge in [-0.05, 0) is 50.8 Å². The van der Waals surface area contributed by atoms with E-state index in [0.29, 0.717) is 6.54 Å². The van der Waals surface area contributed by atoms with E-state index in [2.05, 4.69) is 29.5 Å². The van der Waals surface area contributed by atoms with Crippen LogP contribution in [-0.4, -0.2) is 62.7 Å². The van der Waals surface area contributed by atoms with E-state index in [0.717, 1.165) is 56.0 Å². The Bertz CT molecular complexity index is 628. The number of ether oxygens (including phenoxy) is 1. The van der Waals surface area contributed by atoms with Gasteiger partial charge in [0, 0.05) is 39.4 Å². The van der Waals surface area contributed by atoms with Crippen molar-refractivity contribution in [2.45, 2.75) is 38.7 Å². The molecular weight excluding hydrogens is 455 g/mol. The maximum atomic E-state index is 12.1. The van der Waals surface area contributed by atoms with Crippen molar-refractivity contribution in [3.8, 4) is 0 Å². The van der Waals surface area contributed by atoms with Gasteiger partial charge in [0.15, 0.2) is 5.96 Å². The number of rotatable bonds is 7. The number of amides is 1. The Kier molecular flexibility index (Phi) is 10.1. The molecule has 7 heteroatoms. The molecule has 1 atom stereocenters. The minimum absolute atomic E-state index is 0. The Labute approximate surface area is 180 Å². The quantitative estimate of drug-likeness (QED) is 0.352. The summed E-state index contributed by atoms with van der Waals surface area (Å²) >= 11 is 0. The largest absolute Gasteiger partial charge is 0.373 e. The Hall–Kier alpha value is -1.35. The molecule has 0 aromatic heterocycles. The zero-order chi connectivity index (χ0) is 19.0. The normalized spacial score (nSPS) is 19.3. The number of guanidine groups is 1. The van der Waals surface area contributed by atoms with Crippen molar-refractivity contribution in [3.63, 3.8) is 0 Å². The van der Waals surface area contributed by atoms with Crippen molar-refractivity contribution < 1.29 is 9.53 Å². The Balaban J connectivity index is 0.00000364. The summed E-state index contributed by atoms with van der Waals surface area (Å²) in [7, 11) is 3.54. The molecular formula is C20H33IN4O2. The minimum Gasteiger partial charge on any atom is -0.373 e. The second kappa shape index (κ2) is 11.5. The van der Waals surface area contributed by atoms with Crippen LogP contribution in [0.25, 0.3) is 0 Å². The molecule has 27 heavy (non-hydrogen) atoms. The first kappa shape index (κ1) is 23.7. The molecule has 1 aliphatic heterocycles. The van der Waals surface area contributed by atoms with Crippen LogP contribution in [0.1, 0.15) is 42.6 Å². The first-order valence-corrected chi connectivity index (χ1v) is 9.40. The van der Waals surface area contributed by atoms with Gasteiger partial charge in [-0.25, -0.2) is 0 Å². The number of hydrogen-bond acceptors (Lipinski definition) is 3. The van der Waals surface area contributed by atoms with Crippen molar-refractivity contribution in [1.82, 2.24) is 15.5 Å². The van der Waals surface area contributed by atoms with Gasteiger partial charge in [0.2, 0.25) is 0 Å². The second-order valence-electron chi connectivity index (χ2n) is 7.17. The molecule has 1 heterocycles. The molecule has 1 aromatic rings. The SMILES string of the molecule is CCNC(=NCC1(C)CCCO1)NCCc1cccc(C(=O)N(C)C)c1.I. The first-order valence-electron chi connectivity index (χ1n) is 9.40. The second-order valence-corrected chi connectivity index (χ2v) is 7.17. The fraction of sp³-hybridized carbons (Fsp3) is 0.600. The lowest BCUT2D eigenvalue weighted by Gasteiger charge is -2.21. The van der Waals surface area contributed by atoms with E-state index >= 15 is 0 Å². The van der Waals surface area contributed by atoms with Crippen LogP contribution in [0.15, 0.2) is 29.3 Å². The molecule has 2 N–H and O–H groups in total. The third-order valence-electron chi connectivity index (χ3n) is 4.50. The first-order chi connectivity index (χ1) is 12.4. The molecule has 1 saturated heterocycles. The highest BCUT2D eigenvalue weighted by Gasteiger charge is 2.29.